The fourth-order valence-corrected chi connectivity index (χ4v) is 2.75. The highest BCUT2D eigenvalue weighted by molar-refractivity contribution is 6.01. The Balaban J connectivity index is 2.31. The first-order valence-electron chi connectivity index (χ1n) is 6.71. The molecule has 5 nitrogen and oxygen atoms in total. The summed E-state index contributed by atoms with van der Waals surface area (Å²) in [5.74, 6) is 0.477. The maximum Gasteiger partial charge on any atom is 0.126 e. The molecule has 0 aliphatic carbocycles. The summed E-state index contributed by atoms with van der Waals surface area (Å²) >= 11 is 0. The van der Waals surface area contributed by atoms with Crippen molar-refractivity contribution in [3.05, 3.63) is 23.0 Å². The Morgan fingerprint density at radius 3 is 2.63 bits per heavy atom. The summed E-state index contributed by atoms with van der Waals surface area (Å²) in [7, 11) is 0. The molecule has 0 aromatic carbocycles. The molecule has 0 radical (unpaired) electrons. The van der Waals surface area contributed by atoms with E-state index in [0.29, 0.717) is 5.92 Å². The Morgan fingerprint density at radius 2 is 2.11 bits per heavy atom. The first-order chi connectivity index (χ1) is 9.02. The molecule has 104 valence electrons. The minimum absolute atomic E-state index is 0.0734. The van der Waals surface area contributed by atoms with Crippen molar-refractivity contribution in [3.8, 4) is 0 Å². The molecular formula is C14H22N4O. The van der Waals surface area contributed by atoms with E-state index < -0.39 is 0 Å². The minimum Gasteiger partial charge on any atom is -0.396 e. The molecule has 2 heterocycles. The van der Waals surface area contributed by atoms with Gasteiger partial charge in [0.2, 0.25) is 0 Å². The number of hydrogen-bond acceptors (Lipinski definition) is 4. The van der Waals surface area contributed by atoms with Crippen LogP contribution in [0.1, 0.15) is 29.8 Å². The molecule has 5 heteroatoms. The third-order valence-corrected chi connectivity index (χ3v) is 3.79. The predicted octanol–water partition coefficient (Wildman–Crippen LogP) is 1.19. The number of aryl methyl sites for hydroxylation is 2. The van der Waals surface area contributed by atoms with Crippen LogP contribution in [0.2, 0.25) is 0 Å². The molecule has 1 aromatic rings. The zero-order valence-electron chi connectivity index (χ0n) is 11.6. The number of amidine groups is 1. The zero-order chi connectivity index (χ0) is 14.0. The number of anilines is 1. The Hall–Kier alpha value is -1.62. The quantitative estimate of drug-likeness (QED) is 0.564. The third kappa shape index (κ3) is 2.87. The predicted molar refractivity (Wildman–Crippen MR) is 76.7 cm³/mol. The first-order valence-corrected chi connectivity index (χ1v) is 6.71. The number of nitrogens with one attached hydrogen (secondary N) is 1. The van der Waals surface area contributed by atoms with Crippen LogP contribution in [0.3, 0.4) is 0 Å². The summed E-state index contributed by atoms with van der Waals surface area (Å²) in [6.45, 7) is 5.92. The van der Waals surface area contributed by atoms with Gasteiger partial charge in [-0.05, 0) is 38.7 Å². The van der Waals surface area contributed by atoms with Gasteiger partial charge in [0.25, 0.3) is 0 Å². The van der Waals surface area contributed by atoms with Gasteiger partial charge in [-0.3, -0.25) is 10.4 Å². The van der Waals surface area contributed by atoms with Gasteiger partial charge in [0.05, 0.1) is 16.9 Å². The van der Waals surface area contributed by atoms with Crippen LogP contribution in [0.5, 0.6) is 0 Å². The molecule has 1 saturated heterocycles. The molecule has 19 heavy (non-hydrogen) atoms. The number of rotatable bonds is 3. The van der Waals surface area contributed by atoms with Crippen LogP contribution in [0.15, 0.2) is 6.07 Å². The van der Waals surface area contributed by atoms with Crippen LogP contribution in [0, 0.1) is 25.2 Å². The minimum atomic E-state index is 0.0734. The molecule has 4 N–H and O–H groups in total. The van der Waals surface area contributed by atoms with Gasteiger partial charge in [-0.2, -0.15) is 0 Å². The molecule has 0 atom stereocenters. The second kappa shape index (κ2) is 5.57. The van der Waals surface area contributed by atoms with Gasteiger partial charge in [-0.25, -0.2) is 0 Å². The number of aliphatic hydroxyl groups excluding tert-OH is 1. The summed E-state index contributed by atoms with van der Waals surface area (Å²) in [5.41, 5.74) is 9.21. The number of nitrogens with two attached hydrogens (primary N) is 1. The van der Waals surface area contributed by atoms with Crippen molar-refractivity contribution in [2.75, 3.05) is 24.6 Å². The lowest BCUT2D eigenvalue weighted by molar-refractivity contribution is 0.203. The van der Waals surface area contributed by atoms with E-state index in [9.17, 15) is 5.11 Å². The molecule has 2 rings (SSSR count). The van der Waals surface area contributed by atoms with E-state index in [1.807, 2.05) is 19.9 Å². The number of pyridine rings is 1. The Morgan fingerprint density at radius 1 is 1.47 bits per heavy atom. The van der Waals surface area contributed by atoms with Gasteiger partial charge in [0.15, 0.2) is 0 Å². The van der Waals surface area contributed by atoms with E-state index in [1.54, 1.807) is 0 Å². The lowest BCUT2D eigenvalue weighted by Crippen LogP contribution is -2.36. The second-order valence-electron chi connectivity index (χ2n) is 5.27. The number of piperidine rings is 1. The van der Waals surface area contributed by atoms with E-state index in [1.165, 1.54) is 0 Å². The largest absolute Gasteiger partial charge is 0.396 e. The van der Waals surface area contributed by atoms with Crippen LogP contribution in [-0.4, -0.2) is 35.6 Å². The summed E-state index contributed by atoms with van der Waals surface area (Å²) in [6.07, 6.45) is 1.96. The third-order valence-electron chi connectivity index (χ3n) is 3.79. The molecular weight excluding hydrogens is 240 g/mol. The van der Waals surface area contributed by atoms with Crippen LogP contribution >= 0.6 is 0 Å². The van der Waals surface area contributed by atoms with Crippen LogP contribution < -0.4 is 10.6 Å². The van der Waals surface area contributed by atoms with E-state index in [4.69, 9.17) is 11.1 Å². The van der Waals surface area contributed by atoms with Crippen molar-refractivity contribution in [3.63, 3.8) is 0 Å². The molecule has 1 aliphatic rings. The van der Waals surface area contributed by atoms with Crippen molar-refractivity contribution >= 4 is 11.5 Å². The van der Waals surface area contributed by atoms with Gasteiger partial charge in [-0.1, -0.05) is 0 Å². The van der Waals surface area contributed by atoms with Gasteiger partial charge >= 0.3 is 0 Å². The van der Waals surface area contributed by atoms with Gasteiger partial charge < -0.3 is 15.7 Å². The summed E-state index contributed by atoms with van der Waals surface area (Å²) in [6, 6.07) is 2.00. The lowest BCUT2D eigenvalue weighted by atomic mass is 9.96. The molecule has 0 bridgehead atoms. The van der Waals surface area contributed by atoms with Gasteiger partial charge in [-0.15, -0.1) is 0 Å². The maximum absolute atomic E-state index is 9.20. The van der Waals surface area contributed by atoms with E-state index in [-0.39, 0.29) is 12.4 Å². The lowest BCUT2D eigenvalue weighted by Gasteiger charge is -2.34. The average molecular weight is 262 g/mol. The Labute approximate surface area is 114 Å². The fourth-order valence-electron chi connectivity index (χ4n) is 2.75. The van der Waals surface area contributed by atoms with E-state index in [2.05, 4.69) is 9.88 Å². The highest BCUT2D eigenvalue weighted by atomic mass is 16.3. The van der Waals surface area contributed by atoms with E-state index in [0.717, 1.165) is 48.6 Å². The molecule has 0 unspecified atom stereocenters. The molecule has 1 fully saturated rings. The number of hydrogen-bond donors (Lipinski definition) is 3. The molecule has 0 spiro atoms. The fraction of sp³-hybridized carbons (Fsp3) is 0.571. The average Bonchev–Trinajstić information content (AvgIpc) is 2.37. The van der Waals surface area contributed by atoms with Crippen molar-refractivity contribution in [1.29, 1.82) is 5.41 Å². The van der Waals surface area contributed by atoms with Crippen LogP contribution in [0.25, 0.3) is 0 Å². The highest BCUT2D eigenvalue weighted by Crippen LogP contribution is 2.28. The van der Waals surface area contributed by atoms with Gasteiger partial charge in [0, 0.05) is 25.4 Å². The molecule has 0 saturated carbocycles. The van der Waals surface area contributed by atoms with Crippen LogP contribution in [-0.2, 0) is 0 Å². The zero-order valence-corrected chi connectivity index (χ0v) is 11.6. The maximum atomic E-state index is 9.20. The Kier molecular flexibility index (Phi) is 4.04. The first kappa shape index (κ1) is 13.8. The number of aromatic nitrogens is 1. The second-order valence-corrected chi connectivity index (χ2v) is 5.27. The molecule has 1 aliphatic heterocycles. The smallest absolute Gasteiger partial charge is 0.126 e. The SMILES string of the molecule is Cc1cc(N2CCC(CO)CC2)c(C(=N)N)c(C)n1. The van der Waals surface area contributed by atoms with Crippen molar-refractivity contribution in [1.82, 2.24) is 4.98 Å². The normalized spacial score (nSPS) is 16.7. The van der Waals surface area contributed by atoms with Crippen molar-refractivity contribution in [2.45, 2.75) is 26.7 Å². The Bertz CT molecular complexity index is 479. The number of nitrogens with zero attached hydrogens (tertiary/aromatic N) is 2. The van der Waals surface area contributed by atoms with Crippen LogP contribution in [0.4, 0.5) is 5.69 Å². The molecule has 0 amide bonds. The summed E-state index contributed by atoms with van der Waals surface area (Å²) in [4.78, 5) is 6.65. The topological polar surface area (TPSA) is 86.2 Å². The standard InChI is InChI=1S/C14H22N4O/c1-9-7-12(13(14(15)16)10(2)17-9)18-5-3-11(8-19)4-6-18/h7,11,19H,3-6,8H2,1-2H3,(H3,15,16). The summed E-state index contributed by atoms with van der Waals surface area (Å²) in [5, 5.41) is 16.9. The van der Waals surface area contributed by atoms with Gasteiger partial charge in [0.1, 0.15) is 5.84 Å². The van der Waals surface area contributed by atoms with Crippen molar-refractivity contribution in [2.24, 2.45) is 11.7 Å². The monoisotopic (exact) mass is 262 g/mol. The van der Waals surface area contributed by atoms with Crippen molar-refractivity contribution < 1.29 is 5.11 Å². The number of aliphatic hydroxyl groups is 1. The van der Waals surface area contributed by atoms with E-state index >= 15 is 0 Å². The number of nitrogen functional groups attached to an aromatic ring is 1. The highest BCUT2D eigenvalue weighted by Gasteiger charge is 2.22. The molecule has 1 aromatic heterocycles. The summed E-state index contributed by atoms with van der Waals surface area (Å²) < 4.78 is 0.